The smallest absolute Gasteiger partial charge is 0.354 e. The van der Waals surface area contributed by atoms with Crippen molar-refractivity contribution in [2.75, 3.05) is 12.8 Å². The van der Waals surface area contributed by atoms with Crippen LogP contribution in [0.25, 0.3) is 83.7 Å². The van der Waals surface area contributed by atoms with Gasteiger partial charge in [0.2, 0.25) is 0 Å². The van der Waals surface area contributed by atoms with Gasteiger partial charge in [-0.3, -0.25) is 28.1 Å². The van der Waals surface area contributed by atoms with E-state index in [2.05, 4.69) is 0 Å². The third-order valence-electron chi connectivity index (χ3n) is 16.0. The van der Waals surface area contributed by atoms with Crippen molar-refractivity contribution in [1.29, 1.82) is 0 Å². The number of nitrogen functional groups attached to an aromatic ring is 1. The molecule has 6 N–H and O–H groups in total. The van der Waals surface area contributed by atoms with Gasteiger partial charge in [0.05, 0.1) is 29.1 Å². The van der Waals surface area contributed by atoms with Crippen molar-refractivity contribution in [2.45, 2.75) is 29.4 Å². The van der Waals surface area contributed by atoms with E-state index < -0.39 is 68.3 Å². The Morgan fingerprint density at radius 2 is 0.680 bits per heavy atom. The summed E-state index contributed by atoms with van der Waals surface area (Å²) >= 11 is 2.69. The lowest BCUT2D eigenvalue weighted by Crippen LogP contribution is -2.21. The number of anilines is 1. The van der Waals surface area contributed by atoms with Crippen molar-refractivity contribution >= 4 is 73.9 Å². The summed E-state index contributed by atoms with van der Waals surface area (Å²) in [6, 6.07) is 67.8. The van der Waals surface area contributed by atoms with Gasteiger partial charge in [-0.1, -0.05) is 151 Å². The number of ether oxygens (including phenoxy) is 1. The summed E-state index contributed by atoms with van der Waals surface area (Å²) in [6.07, 6.45) is 0. The summed E-state index contributed by atoms with van der Waals surface area (Å²) in [6.45, 7) is 0. The molecular formula is C79H51F3N4O14S3. The first-order valence-electron chi connectivity index (χ1n) is 31.0. The molecule has 24 heteroatoms. The Kier molecular flexibility index (Phi) is 19.7. The van der Waals surface area contributed by atoms with Crippen LogP contribution in [0.1, 0.15) is 0 Å². The van der Waals surface area contributed by atoms with E-state index in [4.69, 9.17) is 23.7 Å². The molecule has 0 bridgehead atoms. The fourth-order valence-electron chi connectivity index (χ4n) is 11.1. The molecule has 0 radical (unpaired) electrons. The number of pyridine rings is 3. The Bertz CT molecular complexity index is 5870. The molecule has 0 amide bonds. The second-order valence-corrected chi connectivity index (χ2v) is 25.6. The fraction of sp³-hybridized carbons (Fsp3) is 0.0127. The minimum atomic E-state index is -0.851. The van der Waals surface area contributed by atoms with E-state index in [9.17, 15) is 62.4 Å². The van der Waals surface area contributed by atoms with Crippen molar-refractivity contribution < 1.29 is 51.6 Å². The van der Waals surface area contributed by atoms with Gasteiger partial charge in [-0.05, 0) is 138 Å². The number of fused-ring (bicyclic) bond motifs is 3. The van der Waals surface area contributed by atoms with Gasteiger partial charge in [-0.25, -0.2) is 27.6 Å². The molecule has 0 atom stereocenters. The number of hydrogen-bond donors (Lipinski definition) is 5. The second kappa shape index (κ2) is 29.5. The Morgan fingerprint density at radius 1 is 0.369 bits per heavy atom. The number of aromatic nitrogens is 3. The van der Waals surface area contributed by atoms with Gasteiger partial charge in [0.25, 0.3) is 16.7 Å². The van der Waals surface area contributed by atoms with Gasteiger partial charge in [-0.2, -0.15) is 0 Å². The highest BCUT2D eigenvalue weighted by Crippen LogP contribution is 2.42. The number of nitrogens with zero attached hydrogens (tertiary/aromatic N) is 3. The molecule has 6 aromatic heterocycles. The zero-order valence-corrected chi connectivity index (χ0v) is 55.8. The lowest BCUT2D eigenvalue weighted by molar-refractivity contribution is 0.414. The third kappa shape index (κ3) is 14.1. The van der Waals surface area contributed by atoms with Gasteiger partial charge >= 0.3 is 16.9 Å². The van der Waals surface area contributed by atoms with E-state index in [1.54, 1.807) is 147 Å². The quantitative estimate of drug-likeness (QED) is 0.0671. The zero-order valence-electron chi connectivity index (χ0n) is 53.4. The SMILES string of the molecule is COc1ccc(Sc2c(O)c3c(=O)n(-c4ccc(F)cc4)c(-c4ccccc4)cc3oc2=O)cc1.Nc1ccccc1Sc1c(O)c2c(=O)n(-c3ccc(F)cc3)c(-c3ccccc3)cc2oc1=O.O=c1oc2cc(-c3ccccc3)n(-c3ccc(F)cc3)c(=O)c2c(O)c1Sc1ccccc1O. The van der Waals surface area contributed by atoms with Crippen LogP contribution < -0.4 is 44.0 Å². The average molecular weight is 1430 g/mol. The fourth-order valence-corrected chi connectivity index (χ4v) is 13.7. The van der Waals surface area contributed by atoms with Gasteiger partial charge in [0.15, 0.2) is 17.2 Å². The number of nitrogens with two attached hydrogens (primary N) is 1. The summed E-state index contributed by atoms with van der Waals surface area (Å²) in [7, 11) is 1.54. The highest BCUT2D eigenvalue weighted by Gasteiger charge is 2.27. The van der Waals surface area contributed by atoms with Crippen LogP contribution >= 0.6 is 35.3 Å². The van der Waals surface area contributed by atoms with Crippen molar-refractivity contribution in [3.8, 4) is 79.6 Å². The molecule has 0 saturated heterocycles. The first kappa shape index (κ1) is 68.6. The summed E-state index contributed by atoms with van der Waals surface area (Å²) < 4.78 is 66.4. The van der Waals surface area contributed by atoms with Crippen molar-refractivity contribution in [3.05, 3.63) is 335 Å². The van der Waals surface area contributed by atoms with Gasteiger partial charge in [0.1, 0.15) is 76.5 Å². The average Bonchev–Trinajstić information content (AvgIpc) is 0.757. The first-order chi connectivity index (χ1) is 49.8. The maximum atomic E-state index is 13.7. The predicted octanol–water partition coefficient (Wildman–Crippen LogP) is 16.1. The molecule has 0 saturated carbocycles. The maximum absolute atomic E-state index is 13.7. The summed E-state index contributed by atoms with van der Waals surface area (Å²) in [5.74, 6) is -2.34. The highest BCUT2D eigenvalue weighted by atomic mass is 32.2. The largest absolute Gasteiger partial charge is 0.507 e. The van der Waals surface area contributed by atoms with Crippen LogP contribution in [0.5, 0.6) is 28.7 Å². The van der Waals surface area contributed by atoms with Crippen LogP contribution in [-0.4, -0.2) is 41.2 Å². The number of hydrogen-bond acceptors (Lipinski definition) is 18. The van der Waals surface area contributed by atoms with E-state index in [0.29, 0.717) is 77.0 Å². The van der Waals surface area contributed by atoms with Gasteiger partial charge < -0.3 is 44.1 Å². The standard InChI is InChI=1S/C27H18FNO5S.C26H17FN2O4S.C26H16FNO5S/c1-33-19-11-13-20(14-12-19)35-25-24(30)23-22(34-27(25)32)15-21(16-5-3-2-4-6-16)29(26(23)31)18-9-7-17(28)8-10-18;27-16-10-12-17(13-11-16)29-19(15-6-2-1-3-7-15)14-20-22(25(29)31)23(30)24(26(32)33-20)34-21-9-5-4-8-18(21)28;27-16-10-12-17(13-11-16)28-18(15-6-2-1-3-7-15)14-20-22(25(28)31)23(30)24(26(32)33-20)34-21-9-5-4-8-19(21)29/h2-15,30H,1H3;1-14,30H,28H2;1-14,29-30H. The maximum Gasteiger partial charge on any atom is 0.354 e. The molecule has 510 valence electrons. The second-order valence-electron chi connectivity index (χ2n) is 22.4. The molecule has 0 spiro atoms. The number of benzene rings is 9. The number of phenolic OH excluding ortho intramolecular Hbond substituents is 1. The molecule has 18 nitrogen and oxygen atoms in total. The normalized spacial score (nSPS) is 11.1. The van der Waals surface area contributed by atoms with Crippen LogP contribution in [0.4, 0.5) is 18.9 Å². The van der Waals surface area contributed by atoms with Crippen molar-refractivity contribution in [3.63, 3.8) is 0 Å². The number of aromatic hydroxyl groups is 4. The number of halogens is 3. The number of phenols is 1. The van der Waals surface area contributed by atoms with Crippen LogP contribution in [0.15, 0.2) is 326 Å². The van der Waals surface area contributed by atoms with Crippen LogP contribution in [0, 0.1) is 17.5 Å². The molecule has 0 aliphatic carbocycles. The van der Waals surface area contributed by atoms with Crippen molar-refractivity contribution in [2.24, 2.45) is 0 Å². The minimum absolute atomic E-state index is 0.0474. The predicted molar refractivity (Wildman–Crippen MR) is 390 cm³/mol. The molecule has 0 unspecified atom stereocenters. The van der Waals surface area contributed by atoms with Gasteiger partial charge in [0, 0.05) is 50.7 Å². The third-order valence-corrected chi connectivity index (χ3v) is 19.3. The molecule has 15 aromatic rings. The molecule has 103 heavy (non-hydrogen) atoms. The summed E-state index contributed by atoms with van der Waals surface area (Å²) in [5, 5.41) is 42.7. The molecule has 0 aliphatic rings. The number of methoxy groups -OCH3 is 1. The lowest BCUT2D eigenvalue weighted by atomic mass is 10.1. The molecule has 6 heterocycles. The Balaban J connectivity index is 0.000000138. The molecule has 0 aliphatic heterocycles. The molecule has 0 fully saturated rings. The topological polar surface area (TPSA) is 273 Å². The Morgan fingerprint density at radius 3 is 1.02 bits per heavy atom. The van der Waals surface area contributed by atoms with Crippen molar-refractivity contribution in [1.82, 2.24) is 13.7 Å². The summed E-state index contributed by atoms with van der Waals surface area (Å²) in [5.41, 5.74) is 6.29. The lowest BCUT2D eigenvalue weighted by Gasteiger charge is -2.15. The van der Waals surface area contributed by atoms with E-state index in [-0.39, 0.29) is 53.3 Å². The van der Waals surface area contributed by atoms with E-state index in [1.807, 2.05) is 18.2 Å². The van der Waals surface area contributed by atoms with Gasteiger partial charge in [-0.15, -0.1) is 0 Å². The number of rotatable bonds is 13. The zero-order chi connectivity index (χ0) is 72.2. The van der Waals surface area contributed by atoms with Crippen LogP contribution in [-0.2, 0) is 0 Å². The summed E-state index contributed by atoms with van der Waals surface area (Å²) in [4.78, 5) is 80.5. The Labute approximate surface area is 592 Å². The molecule has 15 rings (SSSR count). The minimum Gasteiger partial charge on any atom is -0.507 e. The van der Waals surface area contributed by atoms with Crippen LogP contribution in [0.2, 0.25) is 0 Å². The first-order valence-corrected chi connectivity index (χ1v) is 33.4. The number of para-hydroxylation sites is 2. The molecule has 9 aromatic carbocycles. The highest BCUT2D eigenvalue weighted by molar-refractivity contribution is 8.00. The van der Waals surface area contributed by atoms with Crippen LogP contribution in [0.3, 0.4) is 0 Å². The molecular weight excluding hydrogens is 1380 g/mol. The van der Waals surface area contributed by atoms with E-state index >= 15 is 0 Å². The Hall–Kier alpha value is -12.9. The monoisotopic (exact) mass is 1430 g/mol. The van der Waals surface area contributed by atoms with E-state index in [1.165, 1.54) is 111 Å². The van der Waals surface area contributed by atoms with E-state index in [0.717, 1.165) is 35.3 Å².